The number of hydrogen-bond donors (Lipinski definition) is 2. The van der Waals surface area contributed by atoms with Crippen LogP contribution in [-0.4, -0.2) is 29.1 Å². The van der Waals surface area contributed by atoms with E-state index in [0.717, 1.165) is 18.9 Å². The molecule has 1 aromatic heterocycles. The molecule has 1 fully saturated rings. The van der Waals surface area contributed by atoms with Crippen molar-refractivity contribution in [3.63, 3.8) is 0 Å². The molecule has 1 saturated heterocycles. The van der Waals surface area contributed by atoms with Gasteiger partial charge in [0, 0.05) is 19.3 Å². The Morgan fingerprint density at radius 2 is 2.42 bits per heavy atom. The smallest absolute Gasteiger partial charge is 0.224 e. The van der Waals surface area contributed by atoms with Crippen molar-refractivity contribution in [2.24, 2.45) is 0 Å². The summed E-state index contributed by atoms with van der Waals surface area (Å²) in [5, 5.41) is 6.66. The van der Waals surface area contributed by atoms with Gasteiger partial charge in [0.1, 0.15) is 5.82 Å². The lowest BCUT2D eigenvalue weighted by molar-refractivity contribution is 0.471. The van der Waals surface area contributed by atoms with Crippen LogP contribution in [0.4, 0.5) is 5.82 Å². The lowest BCUT2D eigenvalue weighted by Crippen LogP contribution is -2.51. The fourth-order valence-corrected chi connectivity index (χ4v) is 1.16. The van der Waals surface area contributed by atoms with Crippen LogP contribution in [0, 0.1) is 0 Å². The average molecular weight is 185 g/mol. The molecule has 0 atom stereocenters. The first kappa shape index (κ1) is 7.76. The zero-order chi connectivity index (χ0) is 8.39. The minimum absolute atomic E-state index is 0.285. The Balaban J connectivity index is 2.02. The molecule has 2 rings (SSSR count). The van der Waals surface area contributed by atoms with Gasteiger partial charge in [0.05, 0.1) is 6.04 Å². The Kier molecular flexibility index (Phi) is 2.10. The van der Waals surface area contributed by atoms with Gasteiger partial charge in [-0.1, -0.05) is 0 Å². The Bertz CT molecular complexity index is 274. The van der Waals surface area contributed by atoms with Crippen molar-refractivity contribution in [1.29, 1.82) is 0 Å². The van der Waals surface area contributed by atoms with Crippen molar-refractivity contribution in [2.75, 3.05) is 18.4 Å². The van der Waals surface area contributed by atoms with E-state index in [4.69, 9.17) is 11.6 Å². The van der Waals surface area contributed by atoms with Crippen LogP contribution in [0.2, 0.25) is 5.28 Å². The Morgan fingerprint density at radius 1 is 1.58 bits per heavy atom. The molecule has 5 heteroatoms. The van der Waals surface area contributed by atoms with Crippen LogP contribution in [0.3, 0.4) is 0 Å². The maximum Gasteiger partial charge on any atom is 0.224 e. The van der Waals surface area contributed by atoms with Gasteiger partial charge in [-0.3, -0.25) is 0 Å². The van der Waals surface area contributed by atoms with Crippen LogP contribution in [0.5, 0.6) is 0 Å². The highest BCUT2D eigenvalue weighted by atomic mass is 35.5. The molecule has 1 aromatic rings. The Morgan fingerprint density at radius 3 is 3.00 bits per heavy atom. The third kappa shape index (κ3) is 1.65. The quantitative estimate of drug-likeness (QED) is 0.658. The van der Waals surface area contributed by atoms with Gasteiger partial charge < -0.3 is 10.6 Å². The third-order valence-corrected chi connectivity index (χ3v) is 1.94. The molecular weight excluding hydrogens is 176 g/mol. The van der Waals surface area contributed by atoms with Crippen molar-refractivity contribution in [1.82, 2.24) is 15.3 Å². The molecule has 0 aliphatic carbocycles. The highest BCUT2D eigenvalue weighted by Crippen LogP contribution is 2.08. The molecule has 0 spiro atoms. The molecule has 0 amide bonds. The molecule has 0 unspecified atom stereocenters. The topological polar surface area (TPSA) is 49.8 Å². The average Bonchev–Trinajstić information content (AvgIpc) is 1.97. The van der Waals surface area contributed by atoms with Crippen LogP contribution < -0.4 is 10.6 Å². The SMILES string of the molecule is Clc1nccc(NC2CNC2)n1. The minimum Gasteiger partial charge on any atom is -0.365 e. The molecule has 4 nitrogen and oxygen atoms in total. The number of hydrogen-bond acceptors (Lipinski definition) is 4. The molecule has 12 heavy (non-hydrogen) atoms. The summed E-state index contributed by atoms with van der Waals surface area (Å²) in [5.74, 6) is 0.793. The molecule has 0 radical (unpaired) electrons. The molecule has 0 aromatic carbocycles. The molecule has 0 bridgehead atoms. The molecule has 64 valence electrons. The van der Waals surface area contributed by atoms with Gasteiger partial charge in [-0.15, -0.1) is 0 Å². The summed E-state index contributed by atoms with van der Waals surface area (Å²) in [6.07, 6.45) is 1.64. The van der Waals surface area contributed by atoms with Crippen molar-refractivity contribution in [3.8, 4) is 0 Å². The molecular formula is C7H9ClN4. The molecule has 1 aliphatic heterocycles. The number of nitrogens with zero attached hydrogens (tertiary/aromatic N) is 2. The van der Waals surface area contributed by atoms with Gasteiger partial charge in [-0.2, -0.15) is 0 Å². The Labute approximate surface area is 75.4 Å². The van der Waals surface area contributed by atoms with Crippen LogP contribution in [-0.2, 0) is 0 Å². The predicted octanol–water partition coefficient (Wildman–Crippen LogP) is 0.514. The van der Waals surface area contributed by atoms with Crippen molar-refractivity contribution in [3.05, 3.63) is 17.5 Å². The largest absolute Gasteiger partial charge is 0.365 e. The lowest BCUT2D eigenvalue weighted by atomic mass is 10.2. The molecule has 1 aliphatic rings. The Hall–Kier alpha value is -0.870. The zero-order valence-electron chi connectivity index (χ0n) is 6.42. The second-order valence-electron chi connectivity index (χ2n) is 2.71. The van der Waals surface area contributed by atoms with Crippen LogP contribution in [0.25, 0.3) is 0 Å². The summed E-state index contributed by atoms with van der Waals surface area (Å²) < 4.78 is 0. The number of rotatable bonds is 2. The van der Waals surface area contributed by atoms with Crippen molar-refractivity contribution < 1.29 is 0 Å². The first-order chi connectivity index (χ1) is 5.84. The summed E-state index contributed by atoms with van der Waals surface area (Å²) in [6, 6.07) is 2.29. The monoisotopic (exact) mass is 184 g/mol. The van der Waals surface area contributed by atoms with Crippen molar-refractivity contribution in [2.45, 2.75) is 6.04 Å². The number of nitrogens with one attached hydrogen (secondary N) is 2. The van der Waals surface area contributed by atoms with Gasteiger partial charge in [-0.25, -0.2) is 9.97 Å². The van der Waals surface area contributed by atoms with E-state index in [2.05, 4.69) is 20.6 Å². The van der Waals surface area contributed by atoms with Crippen molar-refractivity contribution >= 4 is 17.4 Å². The first-order valence-corrected chi connectivity index (χ1v) is 4.18. The second kappa shape index (κ2) is 3.25. The van der Waals surface area contributed by atoms with Crippen LogP contribution in [0.15, 0.2) is 12.3 Å². The van der Waals surface area contributed by atoms with E-state index in [1.54, 1.807) is 6.20 Å². The fraction of sp³-hybridized carbons (Fsp3) is 0.429. The summed E-state index contributed by atoms with van der Waals surface area (Å²) in [5.41, 5.74) is 0. The maximum absolute atomic E-state index is 5.61. The predicted molar refractivity (Wildman–Crippen MR) is 47.3 cm³/mol. The van der Waals surface area contributed by atoms with Gasteiger partial charge in [0.2, 0.25) is 5.28 Å². The van der Waals surface area contributed by atoms with Crippen LogP contribution >= 0.6 is 11.6 Å². The van der Waals surface area contributed by atoms with Gasteiger partial charge >= 0.3 is 0 Å². The van der Waals surface area contributed by atoms with E-state index in [9.17, 15) is 0 Å². The summed E-state index contributed by atoms with van der Waals surface area (Å²) in [7, 11) is 0. The standard InChI is InChI=1S/C7H9ClN4/c8-7-10-2-1-6(12-7)11-5-3-9-4-5/h1-2,5,9H,3-4H2,(H,10,11,12). The number of aromatic nitrogens is 2. The van der Waals surface area contributed by atoms with Gasteiger partial charge in [0.15, 0.2) is 0 Å². The van der Waals surface area contributed by atoms with E-state index in [-0.39, 0.29) is 5.28 Å². The van der Waals surface area contributed by atoms with E-state index in [0.29, 0.717) is 6.04 Å². The van der Waals surface area contributed by atoms with E-state index in [1.165, 1.54) is 0 Å². The minimum atomic E-state index is 0.285. The fourth-order valence-electron chi connectivity index (χ4n) is 1.02. The summed E-state index contributed by atoms with van der Waals surface area (Å²) >= 11 is 5.61. The highest BCUT2D eigenvalue weighted by molar-refractivity contribution is 6.28. The lowest BCUT2D eigenvalue weighted by Gasteiger charge is -2.28. The molecule has 0 saturated carbocycles. The first-order valence-electron chi connectivity index (χ1n) is 3.80. The number of anilines is 1. The molecule has 2 N–H and O–H groups in total. The number of halogens is 1. The molecule has 2 heterocycles. The van der Waals surface area contributed by atoms with E-state index in [1.807, 2.05) is 6.07 Å². The van der Waals surface area contributed by atoms with Crippen LogP contribution in [0.1, 0.15) is 0 Å². The van der Waals surface area contributed by atoms with E-state index >= 15 is 0 Å². The third-order valence-electron chi connectivity index (χ3n) is 1.76. The van der Waals surface area contributed by atoms with Gasteiger partial charge in [0.25, 0.3) is 0 Å². The zero-order valence-corrected chi connectivity index (χ0v) is 7.17. The normalized spacial score (nSPS) is 17.1. The van der Waals surface area contributed by atoms with Gasteiger partial charge in [-0.05, 0) is 17.7 Å². The maximum atomic E-state index is 5.61. The summed E-state index contributed by atoms with van der Waals surface area (Å²) in [4.78, 5) is 7.80. The second-order valence-corrected chi connectivity index (χ2v) is 3.05. The summed E-state index contributed by atoms with van der Waals surface area (Å²) in [6.45, 7) is 1.98. The highest BCUT2D eigenvalue weighted by Gasteiger charge is 2.16. The van der Waals surface area contributed by atoms with E-state index < -0.39 is 0 Å².